The number of rotatable bonds is 8. The Morgan fingerprint density at radius 3 is 2.59 bits per heavy atom. The number of anilines is 2. The van der Waals surface area contributed by atoms with Gasteiger partial charge in [-0.1, -0.05) is 0 Å². The number of hydrogen-bond acceptors (Lipinski definition) is 7. The van der Waals surface area contributed by atoms with Gasteiger partial charge < -0.3 is 10.2 Å². The fraction of sp³-hybridized carbons (Fsp3) is 0.450. The number of aromatic nitrogens is 2. The van der Waals surface area contributed by atoms with Gasteiger partial charge in [0.05, 0.1) is 5.69 Å². The van der Waals surface area contributed by atoms with Crippen LogP contribution >= 0.6 is 0 Å². The molecule has 0 bridgehead atoms. The lowest BCUT2D eigenvalue weighted by Gasteiger charge is -2.36. The zero-order chi connectivity index (χ0) is 22.7. The fourth-order valence-electron chi connectivity index (χ4n) is 3.54. The zero-order valence-corrected chi connectivity index (χ0v) is 18.5. The molecule has 32 heavy (non-hydrogen) atoms. The lowest BCUT2D eigenvalue weighted by atomic mass is 10.2. The van der Waals surface area contributed by atoms with Gasteiger partial charge in [-0.05, 0) is 42.7 Å². The maximum Gasteiger partial charge on any atom is 0.300 e. The van der Waals surface area contributed by atoms with Crippen molar-refractivity contribution in [1.29, 1.82) is 0 Å². The SMILES string of the molecule is CNC(=O)c1ccc(N2CCN(Cc3ccnc(NS(=O)(=O)NC4CC4)c3)CC2)c(F)n1. The Hall–Kier alpha value is -2.83. The third kappa shape index (κ3) is 5.69. The number of piperazine rings is 1. The molecule has 12 heteroatoms. The molecule has 0 aromatic carbocycles. The Kier molecular flexibility index (Phi) is 6.53. The monoisotopic (exact) mass is 463 g/mol. The lowest BCUT2D eigenvalue weighted by molar-refractivity contribution is 0.0957. The molecule has 0 radical (unpaired) electrons. The van der Waals surface area contributed by atoms with E-state index in [4.69, 9.17) is 0 Å². The summed E-state index contributed by atoms with van der Waals surface area (Å²) in [5.41, 5.74) is 1.35. The summed E-state index contributed by atoms with van der Waals surface area (Å²) in [6.07, 6.45) is 3.30. The first-order valence-electron chi connectivity index (χ1n) is 10.4. The van der Waals surface area contributed by atoms with Gasteiger partial charge >= 0.3 is 10.2 Å². The van der Waals surface area contributed by atoms with Gasteiger partial charge in [0.1, 0.15) is 11.5 Å². The number of halogens is 1. The van der Waals surface area contributed by atoms with Crippen molar-refractivity contribution >= 4 is 27.6 Å². The van der Waals surface area contributed by atoms with Gasteiger partial charge in [-0.25, -0.2) is 9.97 Å². The number of hydrogen-bond donors (Lipinski definition) is 3. The molecule has 0 atom stereocenters. The summed E-state index contributed by atoms with van der Waals surface area (Å²) in [5, 5.41) is 2.43. The summed E-state index contributed by atoms with van der Waals surface area (Å²) in [6.45, 7) is 3.23. The third-order valence-corrected chi connectivity index (χ3v) is 6.49. The van der Waals surface area contributed by atoms with Gasteiger partial charge in [0.25, 0.3) is 5.91 Å². The number of pyridine rings is 2. The average Bonchev–Trinajstić information content (AvgIpc) is 3.57. The highest BCUT2D eigenvalue weighted by molar-refractivity contribution is 7.90. The normalized spacial score (nSPS) is 17.2. The predicted molar refractivity (Wildman–Crippen MR) is 118 cm³/mol. The van der Waals surface area contributed by atoms with E-state index < -0.39 is 22.1 Å². The van der Waals surface area contributed by atoms with Gasteiger partial charge in [-0.3, -0.25) is 14.4 Å². The van der Waals surface area contributed by atoms with Crippen LogP contribution in [-0.4, -0.2) is 68.5 Å². The second-order valence-electron chi connectivity index (χ2n) is 7.90. The smallest absolute Gasteiger partial charge is 0.300 e. The summed E-state index contributed by atoms with van der Waals surface area (Å²) in [5.74, 6) is -0.813. The summed E-state index contributed by atoms with van der Waals surface area (Å²) in [6, 6.07) is 6.69. The Bertz CT molecular complexity index is 1090. The molecule has 2 aromatic rings. The second-order valence-corrected chi connectivity index (χ2v) is 9.34. The van der Waals surface area contributed by atoms with Gasteiger partial charge in [0.15, 0.2) is 0 Å². The molecule has 1 aliphatic heterocycles. The van der Waals surface area contributed by atoms with E-state index in [1.807, 2.05) is 11.0 Å². The summed E-state index contributed by atoms with van der Waals surface area (Å²) >= 11 is 0. The number of carbonyl (C=O) groups is 1. The molecule has 2 aliphatic rings. The number of nitrogens with zero attached hydrogens (tertiary/aromatic N) is 4. The molecule has 1 saturated carbocycles. The van der Waals surface area contributed by atoms with E-state index in [1.165, 1.54) is 13.1 Å². The van der Waals surface area contributed by atoms with Crippen LogP contribution in [0.15, 0.2) is 30.5 Å². The molecule has 4 rings (SSSR count). The highest BCUT2D eigenvalue weighted by Crippen LogP contribution is 2.22. The van der Waals surface area contributed by atoms with Crippen molar-refractivity contribution in [2.24, 2.45) is 0 Å². The maximum atomic E-state index is 14.4. The van der Waals surface area contributed by atoms with Crippen LogP contribution < -0.4 is 19.7 Å². The average molecular weight is 464 g/mol. The molecule has 1 amide bonds. The number of nitrogens with one attached hydrogen (secondary N) is 3. The highest BCUT2D eigenvalue weighted by atomic mass is 32.2. The van der Waals surface area contributed by atoms with Crippen molar-refractivity contribution in [2.45, 2.75) is 25.4 Å². The summed E-state index contributed by atoms with van der Waals surface area (Å²) in [4.78, 5) is 23.6. The molecular formula is C20H26FN7O3S. The van der Waals surface area contributed by atoms with E-state index in [-0.39, 0.29) is 17.6 Å². The summed E-state index contributed by atoms with van der Waals surface area (Å²) in [7, 11) is -2.15. The first-order chi connectivity index (χ1) is 15.3. The van der Waals surface area contributed by atoms with Gasteiger partial charge in [-0.2, -0.15) is 17.5 Å². The van der Waals surface area contributed by atoms with E-state index in [0.717, 1.165) is 18.4 Å². The van der Waals surface area contributed by atoms with E-state index in [0.29, 0.717) is 38.4 Å². The van der Waals surface area contributed by atoms with Crippen LogP contribution in [0.25, 0.3) is 0 Å². The molecule has 0 unspecified atom stereocenters. The van der Waals surface area contributed by atoms with Gasteiger partial charge in [-0.15, -0.1) is 0 Å². The van der Waals surface area contributed by atoms with E-state index in [2.05, 4.69) is 29.6 Å². The van der Waals surface area contributed by atoms with Crippen LogP contribution in [0.4, 0.5) is 15.9 Å². The van der Waals surface area contributed by atoms with Crippen LogP contribution in [0.5, 0.6) is 0 Å². The standard InChI is InChI=1S/C20H26FN7O3S/c1-22-20(29)16-4-5-17(19(21)24-16)28-10-8-27(9-11-28)13-14-6-7-23-18(12-14)26-32(30,31)25-15-2-3-15/h4-7,12,15,25H,2-3,8-11,13H2,1H3,(H,22,29)(H,23,26). The number of carbonyl (C=O) groups excluding carboxylic acids is 1. The number of amides is 1. The lowest BCUT2D eigenvalue weighted by Crippen LogP contribution is -2.46. The van der Waals surface area contributed by atoms with Crippen LogP contribution in [-0.2, 0) is 16.8 Å². The molecule has 3 heterocycles. The van der Waals surface area contributed by atoms with Crippen molar-refractivity contribution in [3.05, 3.63) is 47.7 Å². The van der Waals surface area contributed by atoms with Gasteiger partial charge in [0.2, 0.25) is 5.95 Å². The molecule has 172 valence electrons. The van der Waals surface area contributed by atoms with Gasteiger partial charge in [0, 0.05) is 52.0 Å². The van der Waals surface area contributed by atoms with E-state index >= 15 is 0 Å². The maximum absolute atomic E-state index is 14.4. The Morgan fingerprint density at radius 2 is 1.94 bits per heavy atom. The first kappa shape index (κ1) is 22.4. The Balaban J connectivity index is 1.33. The highest BCUT2D eigenvalue weighted by Gasteiger charge is 2.27. The third-order valence-electron chi connectivity index (χ3n) is 5.37. The molecule has 2 fully saturated rings. The van der Waals surface area contributed by atoms with E-state index in [1.54, 1.807) is 18.3 Å². The Morgan fingerprint density at radius 1 is 1.19 bits per heavy atom. The molecule has 2 aromatic heterocycles. The first-order valence-corrected chi connectivity index (χ1v) is 11.9. The fourth-order valence-corrected chi connectivity index (χ4v) is 4.66. The van der Waals surface area contributed by atoms with Crippen LogP contribution in [0.3, 0.4) is 0 Å². The van der Waals surface area contributed by atoms with Crippen molar-refractivity contribution < 1.29 is 17.6 Å². The minimum Gasteiger partial charge on any atom is -0.365 e. The largest absolute Gasteiger partial charge is 0.365 e. The molecule has 1 aliphatic carbocycles. The molecule has 10 nitrogen and oxygen atoms in total. The zero-order valence-electron chi connectivity index (χ0n) is 17.7. The van der Waals surface area contributed by atoms with Crippen LogP contribution in [0.1, 0.15) is 28.9 Å². The van der Waals surface area contributed by atoms with Crippen molar-refractivity contribution in [2.75, 3.05) is 42.8 Å². The minimum absolute atomic E-state index is 0.0204. The molecular weight excluding hydrogens is 437 g/mol. The molecule has 3 N–H and O–H groups in total. The topological polar surface area (TPSA) is 120 Å². The van der Waals surface area contributed by atoms with Crippen LogP contribution in [0, 0.1) is 5.95 Å². The van der Waals surface area contributed by atoms with Crippen molar-refractivity contribution in [3.63, 3.8) is 0 Å². The quantitative estimate of drug-likeness (QED) is 0.493. The molecule has 0 spiro atoms. The van der Waals surface area contributed by atoms with Crippen molar-refractivity contribution in [1.82, 2.24) is 24.9 Å². The molecule has 1 saturated heterocycles. The van der Waals surface area contributed by atoms with Crippen LogP contribution in [0.2, 0.25) is 0 Å². The second kappa shape index (κ2) is 9.35. The summed E-state index contributed by atoms with van der Waals surface area (Å²) < 4.78 is 43.6. The van der Waals surface area contributed by atoms with E-state index in [9.17, 15) is 17.6 Å². The minimum atomic E-state index is -3.62. The Labute approximate surface area is 186 Å². The van der Waals surface area contributed by atoms with Crippen molar-refractivity contribution in [3.8, 4) is 0 Å². The predicted octanol–water partition coefficient (Wildman–Crippen LogP) is 0.706.